The van der Waals surface area contributed by atoms with Gasteiger partial charge in [-0.3, -0.25) is 4.79 Å². The first-order valence-electron chi connectivity index (χ1n) is 7.32. The SMILES string of the molecule is Cc1ccc(NC(=O)C2CNCc3ccccc32)cc1C. The fourth-order valence-electron chi connectivity index (χ4n) is 2.78. The number of anilines is 1. The van der Waals surface area contributed by atoms with Gasteiger partial charge in [0.25, 0.3) is 0 Å². The summed E-state index contributed by atoms with van der Waals surface area (Å²) in [6.45, 7) is 5.65. The molecule has 0 aromatic heterocycles. The largest absolute Gasteiger partial charge is 0.326 e. The summed E-state index contributed by atoms with van der Waals surface area (Å²) < 4.78 is 0. The molecule has 1 unspecified atom stereocenters. The molecule has 2 N–H and O–H groups in total. The van der Waals surface area contributed by atoms with Crippen molar-refractivity contribution < 1.29 is 4.79 Å². The predicted molar refractivity (Wildman–Crippen MR) is 85.4 cm³/mol. The smallest absolute Gasteiger partial charge is 0.233 e. The molecule has 1 atom stereocenters. The summed E-state index contributed by atoms with van der Waals surface area (Å²) in [4.78, 5) is 12.6. The number of benzene rings is 2. The third kappa shape index (κ3) is 2.83. The van der Waals surface area contributed by atoms with Crippen molar-refractivity contribution in [3.8, 4) is 0 Å². The van der Waals surface area contributed by atoms with Crippen LogP contribution in [0.25, 0.3) is 0 Å². The number of carbonyl (C=O) groups excluding carboxylic acids is 1. The predicted octanol–water partition coefficient (Wildman–Crippen LogP) is 3.13. The van der Waals surface area contributed by atoms with Gasteiger partial charge >= 0.3 is 0 Å². The molecule has 1 aliphatic rings. The number of aryl methyl sites for hydroxylation is 2. The standard InChI is InChI=1S/C18H20N2O/c1-12-7-8-15(9-13(12)2)20-18(21)17-11-19-10-14-5-3-4-6-16(14)17/h3-9,17,19H,10-11H2,1-2H3,(H,20,21). The highest BCUT2D eigenvalue weighted by atomic mass is 16.1. The van der Waals surface area contributed by atoms with Crippen LogP contribution in [0.4, 0.5) is 5.69 Å². The van der Waals surface area contributed by atoms with Gasteiger partial charge in [-0.1, -0.05) is 30.3 Å². The molecule has 108 valence electrons. The van der Waals surface area contributed by atoms with Crippen molar-refractivity contribution in [1.82, 2.24) is 5.32 Å². The fraction of sp³-hybridized carbons (Fsp3) is 0.278. The van der Waals surface area contributed by atoms with Crippen LogP contribution in [0.15, 0.2) is 42.5 Å². The number of hydrogen-bond acceptors (Lipinski definition) is 2. The van der Waals surface area contributed by atoms with Crippen LogP contribution in [0.5, 0.6) is 0 Å². The third-order valence-corrected chi connectivity index (χ3v) is 4.19. The first-order chi connectivity index (χ1) is 10.1. The molecule has 3 nitrogen and oxygen atoms in total. The Hall–Kier alpha value is -2.13. The molecule has 1 heterocycles. The summed E-state index contributed by atoms with van der Waals surface area (Å²) in [5.41, 5.74) is 5.64. The topological polar surface area (TPSA) is 41.1 Å². The lowest BCUT2D eigenvalue weighted by atomic mass is 9.90. The van der Waals surface area contributed by atoms with Crippen molar-refractivity contribution >= 4 is 11.6 Å². The van der Waals surface area contributed by atoms with Crippen molar-refractivity contribution in [2.45, 2.75) is 26.3 Å². The van der Waals surface area contributed by atoms with E-state index in [1.165, 1.54) is 16.7 Å². The number of fused-ring (bicyclic) bond motifs is 1. The number of carbonyl (C=O) groups is 1. The molecular formula is C18H20N2O. The van der Waals surface area contributed by atoms with E-state index in [9.17, 15) is 4.79 Å². The average Bonchev–Trinajstić information content (AvgIpc) is 2.50. The summed E-state index contributed by atoms with van der Waals surface area (Å²) in [6, 6.07) is 14.2. The molecule has 2 aromatic carbocycles. The molecule has 1 aliphatic heterocycles. The maximum absolute atomic E-state index is 12.6. The molecule has 3 rings (SSSR count). The van der Waals surface area contributed by atoms with Gasteiger partial charge in [-0.25, -0.2) is 0 Å². The average molecular weight is 280 g/mol. The monoisotopic (exact) mass is 280 g/mol. The van der Waals surface area contributed by atoms with Crippen LogP contribution in [0, 0.1) is 13.8 Å². The highest BCUT2D eigenvalue weighted by Crippen LogP contribution is 2.25. The highest BCUT2D eigenvalue weighted by Gasteiger charge is 2.25. The molecule has 0 bridgehead atoms. The van der Waals surface area contributed by atoms with E-state index >= 15 is 0 Å². The van der Waals surface area contributed by atoms with Gasteiger partial charge in [-0.2, -0.15) is 0 Å². The summed E-state index contributed by atoms with van der Waals surface area (Å²) >= 11 is 0. The Morgan fingerprint density at radius 1 is 1.14 bits per heavy atom. The molecular weight excluding hydrogens is 260 g/mol. The van der Waals surface area contributed by atoms with Gasteiger partial charge in [0.1, 0.15) is 0 Å². The van der Waals surface area contributed by atoms with Crippen LogP contribution in [-0.2, 0) is 11.3 Å². The molecule has 0 radical (unpaired) electrons. The Balaban J connectivity index is 1.81. The Kier molecular flexibility index (Phi) is 3.76. The second-order valence-electron chi connectivity index (χ2n) is 5.67. The zero-order chi connectivity index (χ0) is 14.8. The second-order valence-corrected chi connectivity index (χ2v) is 5.67. The minimum atomic E-state index is -0.128. The van der Waals surface area contributed by atoms with Crippen molar-refractivity contribution in [3.63, 3.8) is 0 Å². The zero-order valence-corrected chi connectivity index (χ0v) is 12.4. The molecule has 1 amide bonds. The van der Waals surface area contributed by atoms with E-state index in [-0.39, 0.29) is 11.8 Å². The minimum absolute atomic E-state index is 0.0536. The lowest BCUT2D eigenvalue weighted by Gasteiger charge is -2.25. The van der Waals surface area contributed by atoms with E-state index in [1.54, 1.807) is 0 Å². The molecule has 2 aromatic rings. The Morgan fingerprint density at radius 3 is 2.76 bits per heavy atom. The van der Waals surface area contributed by atoms with Gasteiger partial charge in [0.15, 0.2) is 0 Å². The third-order valence-electron chi connectivity index (χ3n) is 4.19. The van der Waals surface area contributed by atoms with Gasteiger partial charge in [-0.05, 0) is 48.2 Å². The summed E-state index contributed by atoms with van der Waals surface area (Å²) in [5.74, 6) is -0.0746. The van der Waals surface area contributed by atoms with E-state index in [1.807, 2.05) is 30.3 Å². The molecule has 0 saturated carbocycles. The normalized spacial score (nSPS) is 17.1. The van der Waals surface area contributed by atoms with E-state index in [4.69, 9.17) is 0 Å². The van der Waals surface area contributed by atoms with E-state index in [0.717, 1.165) is 17.8 Å². The summed E-state index contributed by atoms with van der Waals surface area (Å²) in [6.07, 6.45) is 0. The first kappa shape index (κ1) is 13.8. The van der Waals surface area contributed by atoms with E-state index in [0.29, 0.717) is 6.54 Å². The van der Waals surface area contributed by atoms with Crippen LogP contribution in [0.1, 0.15) is 28.2 Å². The molecule has 3 heteroatoms. The van der Waals surface area contributed by atoms with Gasteiger partial charge in [0.05, 0.1) is 5.92 Å². The van der Waals surface area contributed by atoms with Crippen molar-refractivity contribution in [2.24, 2.45) is 0 Å². The molecule has 21 heavy (non-hydrogen) atoms. The van der Waals surface area contributed by atoms with Gasteiger partial charge in [-0.15, -0.1) is 0 Å². The van der Waals surface area contributed by atoms with Gasteiger partial charge in [0.2, 0.25) is 5.91 Å². The van der Waals surface area contributed by atoms with Crippen LogP contribution in [-0.4, -0.2) is 12.5 Å². The Bertz CT molecular complexity index is 679. The van der Waals surface area contributed by atoms with Crippen LogP contribution in [0.2, 0.25) is 0 Å². The van der Waals surface area contributed by atoms with Crippen LogP contribution >= 0.6 is 0 Å². The highest BCUT2D eigenvalue weighted by molar-refractivity contribution is 5.96. The first-order valence-corrected chi connectivity index (χ1v) is 7.32. The number of amides is 1. The zero-order valence-electron chi connectivity index (χ0n) is 12.4. The molecule has 0 fully saturated rings. The van der Waals surface area contributed by atoms with Crippen molar-refractivity contribution in [1.29, 1.82) is 0 Å². The van der Waals surface area contributed by atoms with E-state index in [2.05, 4.69) is 36.6 Å². The lowest BCUT2D eigenvalue weighted by molar-refractivity contribution is -0.117. The fourth-order valence-corrected chi connectivity index (χ4v) is 2.78. The second kappa shape index (κ2) is 5.70. The number of rotatable bonds is 2. The van der Waals surface area contributed by atoms with Gasteiger partial charge < -0.3 is 10.6 Å². The minimum Gasteiger partial charge on any atom is -0.326 e. The van der Waals surface area contributed by atoms with Crippen LogP contribution in [0.3, 0.4) is 0 Å². The van der Waals surface area contributed by atoms with Gasteiger partial charge in [0, 0.05) is 18.8 Å². The lowest BCUT2D eigenvalue weighted by Crippen LogP contribution is -2.35. The van der Waals surface area contributed by atoms with Crippen molar-refractivity contribution in [3.05, 3.63) is 64.7 Å². The number of nitrogens with one attached hydrogen (secondary N) is 2. The molecule has 0 aliphatic carbocycles. The van der Waals surface area contributed by atoms with Crippen LogP contribution < -0.4 is 10.6 Å². The maximum atomic E-state index is 12.6. The Morgan fingerprint density at radius 2 is 1.95 bits per heavy atom. The maximum Gasteiger partial charge on any atom is 0.233 e. The quantitative estimate of drug-likeness (QED) is 0.887. The summed E-state index contributed by atoms with van der Waals surface area (Å²) in [5, 5.41) is 6.36. The molecule has 0 spiro atoms. The summed E-state index contributed by atoms with van der Waals surface area (Å²) in [7, 11) is 0. The number of hydrogen-bond donors (Lipinski definition) is 2. The van der Waals surface area contributed by atoms with E-state index < -0.39 is 0 Å². The molecule has 0 saturated heterocycles. The Labute approximate surface area is 125 Å². The van der Waals surface area contributed by atoms with Crippen molar-refractivity contribution in [2.75, 3.05) is 11.9 Å².